The lowest BCUT2D eigenvalue weighted by Gasteiger charge is -2.37. The molecule has 3 N–H and O–H groups in total. The molecule has 0 bridgehead atoms. The van der Waals surface area contributed by atoms with Crippen LogP contribution in [0.15, 0.2) is 30.3 Å². The standard InChI is InChI=1S/C19H29N3O2/c1-22(2)17(13-8-14-6-4-3-5-7-14)15-9-11-16(12-10-15)21-19(24)18(20)23/h3-7,15-17H,8-13H2,1-2H3,(H2,20,23)(H,21,24). The number of carbonyl (C=O) groups excluding carboxylic acids is 2. The summed E-state index contributed by atoms with van der Waals surface area (Å²) in [5.74, 6) is -0.928. The van der Waals surface area contributed by atoms with Crippen molar-refractivity contribution in [3.63, 3.8) is 0 Å². The van der Waals surface area contributed by atoms with Crippen LogP contribution in [0, 0.1) is 5.92 Å². The molecule has 0 radical (unpaired) electrons. The fourth-order valence-corrected chi connectivity index (χ4v) is 3.78. The van der Waals surface area contributed by atoms with Gasteiger partial charge in [0.15, 0.2) is 0 Å². The second-order valence-electron chi connectivity index (χ2n) is 7.00. The van der Waals surface area contributed by atoms with Gasteiger partial charge in [0.05, 0.1) is 0 Å². The predicted octanol–water partition coefficient (Wildman–Crippen LogP) is 1.71. The van der Waals surface area contributed by atoms with E-state index in [9.17, 15) is 9.59 Å². The van der Waals surface area contributed by atoms with Crippen molar-refractivity contribution < 1.29 is 9.59 Å². The molecule has 0 aromatic heterocycles. The minimum atomic E-state index is -0.897. The van der Waals surface area contributed by atoms with Crippen molar-refractivity contribution in [3.8, 4) is 0 Å². The molecule has 0 saturated heterocycles. The fraction of sp³-hybridized carbons (Fsp3) is 0.579. The first-order chi connectivity index (χ1) is 11.5. The predicted molar refractivity (Wildman–Crippen MR) is 95.3 cm³/mol. The first kappa shape index (κ1) is 18.5. The van der Waals surface area contributed by atoms with Crippen LogP contribution in [0.3, 0.4) is 0 Å². The van der Waals surface area contributed by atoms with Crippen LogP contribution >= 0.6 is 0 Å². The third kappa shape index (κ3) is 5.34. The van der Waals surface area contributed by atoms with Gasteiger partial charge < -0.3 is 16.0 Å². The van der Waals surface area contributed by atoms with E-state index in [4.69, 9.17) is 5.73 Å². The van der Waals surface area contributed by atoms with E-state index in [0.29, 0.717) is 12.0 Å². The van der Waals surface area contributed by atoms with Gasteiger partial charge in [-0.1, -0.05) is 30.3 Å². The topological polar surface area (TPSA) is 75.4 Å². The summed E-state index contributed by atoms with van der Waals surface area (Å²) in [4.78, 5) is 24.6. The summed E-state index contributed by atoms with van der Waals surface area (Å²) < 4.78 is 0. The number of rotatable bonds is 6. The van der Waals surface area contributed by atoms with Crippen LogP contribution < -0.4 is 11.1 Å². The van der Waals surface area contributed by atoms with Crippen molar-refractivity contribution in [3.05, 3.63) is 35.9 Å². The number of nitrogens with zero attached hydrogens (tertiary/aromatic N) is 1. The number of aryl methyl sites for hydroxylation is 1. The average molecular weight is 331 g/mol. The lowest BCUT2D eigenvalue weighted by molar-refractivity contribution is -0.137. The number of hydrogen-bond donors (Lipinski definition) is 2. The highest BCUT2D eigenvalue weighted by atomic mass is 16.2. The van der Waals surface area contributed by atoms with Gasteiger partial charge in [-0.25, -0.2) is 0 Å². The smallest absolute Gasteiger partial charge is 0.309 e. The maximum Gasteiger partial charge on any atom is 0.309 e. The van der Waals surface area contributed by atoms with E-state index >= 15 is 0 Å². The number of hydrogen-bond acceptors (Lipinski definition) is 3. The van der Waals surface area contributed by atoms with E-state index < -0.39 is 11.8 Å². The quantitative estimate of drug-likeness (QED) is 0.779. The Balaban J connectivity index is 1.84. The summed E-state index contributed by atoms with van der Waals surface area (Å²) >= 11 is 0. The summed E-state index contributed by atoms with van der Waals surface area (Å²) in [6.07, 6.45) is 6.20. The van der Waals surface area contributed by atoms with E-state index in [1.54, 1.807) is 0 Å². The number of primary amides is 1. The lowest BCUT2D eigenvalue weighted by Crippen LogP contribution is -2.46. The molecule has 0 aliphatic heterocycles. The van der Waals surface area contributed by atoms with Crippen LogP contribution in [0.5, 0.6) is 0 Å². The molecular formula is C19H29N3O2. The van der Waals surface area contributed by atoms with Gasteiger partial charge in [-0.3, -0.25) is 9.59 Å². The molecule has 1 atom stereocenters. The third-order valence-electron chi connectivity index (χ3n) is 5.11. The van der Waals surface area contributed by atoms with Gasteiger partial charge in [0.1, 0.15) is 0 Å². The Bertz CT molecular complexity index is 537. The molecule has 5 heteroatoms. The second kappa shape index (κ2) is 8.83. The van der Waals surface area contributed by atoms with Crippen LogP contribution in [0.4, 0.5) is 0 Å². The van der Waals surface area contributed by atoms with Crippen LogP contribution in [0.1, 0.15) is 37.7 Å². The van der Waals surface area contributed by atoms with Gasteiger partial charge in [-0.05, 0) is 64.1 Å². The van der Waals surface area contributed by atoms with E-state index in [0.717, 1.165) is 38.5 Å². The van der Waals surface area contributed by atoms with Crippen LogP contribution in [0.25, 0.3) is 0 Å². The molecule has 0 spiro atoms. The Morgan fingerprint density at radius 3 is 2.33 bits per heavy atom. The van der Waals surface area contributed by atoms with E-state index in [1.807, 2.05) is 0 Å². The van der Waals surface area contributed by atoms with Gasteiger partial charge in [0.2, 0.25) is 0 Å². The number of benzene rings is 1. The molecule has 1 aromatic carbocycles. The molecule has 1 aliphatic rings. The minimum absolute atomic E-state index is 0.0817. The van der Waals surface area contributed by atoms with E-state index in [1.165, 1.54) is 5.56 Å². The molecule has 1 aromatic rings. The maximum absolute atomic E-state index is 11.4. The van der Waals surface area contributed by atoms with Crippen molar-refractivity contribution in [2.24, 2.45) is 11.7 Å². The largest absolute Gasteiger partial charge is 0.361 e. The molecule has 1 saturated carbocycles. The molecule has 1 fully saturated rings. The van der Waals surface area contributed by atoms with E-state index in [-0.39, 0.29) is 6.04 Å². The summed E-state index contributed by atoms with van der Waals surface area (Å²) in [6.45, 7) is 0. The number of nitrogens with two attached hydrogens (primary N) is 1. The third-order valence-corrected chi connectivity index (χ3v) is 5.11. The van der Waals surface area contributed by atoms with Crippen LogP contribution in [-0.4, -0.2) is 42.9 Å². The number of nitrogens with one attached hydrogen (secondary N) is 1. The first-order valence-corrected chi connectivity index (χ1v) is 8.78. The van der Waals surface area contributed by atoms with Gasteiger partial charge in [-0.15, -0.1) is 0 Å². The second-order valence-corrected chi connectivity index (χ2v) is 7.00. The summed E-state index contributed by atoms with van der Waals surface area (Å²) in [7, 11) is 4.30. The molecule has 1 aliphatic carbocycles. The van der Waals surface area contributed by atoms with Crippen molar-refractivity contribution >= 4 is 11.8 Å². The monoisotopic (exact) mass is 331 g/mol. The van der Waals surface area contributed by atoms with Gasteiger partial charge in [0, 0.05) is 12.1 Å². The van der Waals surface area contributed by atoms with Crippen LogP contribution in [-0.2, 0) is 16.0 Å². The zero-order valence-corrected chi connectivity index (χ0v) is 14.7. The van der Waals surface area contributed by atoms with Gasteiger partial charge >= 0.3 is 11.8 Å². The zero-order valence-electron chi connectivity index (χ0n) is 14.7. The highest BCUT2D eigenvalue weighted by Crippen LogP contribution is 2.30. The minimum Gasteiger partial charge on any atom is -0.361 e. The SMILES string of the molecule is CN(C)C(CCc1ccccc1)C1CCC(NC(=O)C(N)=O)CC1. The number of amides is 2. The molecular weight excluding hydrogens is 302 g/mol. The molecule has 2 rings (SSSR count). The first-order valence-electron chi connectivity index (χ1n) is 8.78. The normalized spacial score (nSPS) is 22.1. The van der Waals surface area contributed by atoms with Crippen molar-refractivity contribution in [1.29, 1.82) is 0 Å². The highest BCUT2D eigenvalue weighted by molar-refractivity contribution is 6.34. The Hall–Kier alpha value is -1.88. The van der Waals surface area contributed by atoms with E-state index in [2.05, 4.69) is 54.6 Å². The fourth-order valence-electron chi connectivity index (χ4n) is 3.78. The molecule has 0 heterocycles. The number of carbonyl (C=O) groups is 2. The molecule has 24 heavy (non-hydrogen) atoms. The van der Waals surface area contributed by atoms with Crippen molar-refractivity contribution in [2.45, 2.75) is 50.6 Å². The van der Waals surface area contributed by atoms with Crippen LogP contribution in [0.2, 0.25) is 0 Å². The summed E-state index contributed by atoms with van der Waals surface area (Å²) in [5.41, 5.74) is 6.39. The zero-order chi connectivity index (χ0) is 17.5. The Kier molecular flexibility index (Phi) is 6.79. The Morgan fingerprint density at radius 1 is 1.17 bits per heavy atom. The van der Waals surface area contributed by atoms with Gasteiger partial charge in [-0.2, -0.15) is 0 Å². The lowest BCUT2D eigenvalue weighted by atomic mass is 9.79. The highest BCUT2D eigenvalue weighted by Gasteiger charge is 2.29. The van der Waals surface area contributed by atoms with Crippen molar-refractivity contribution in [2.75, 3.05) is 14.1 Å². The summed E-state index contributed by atoms with van der Waals surface area (Å²) in [6, 6.07) is 11.2. The average Bonchev–Trinajstić information content (AvgIpc) is 2.57. The Labute approximate surface area is 144 Å². The maximum atomic E-state index is 11.4. The Morgan fingerprint density at radius 2 is 1.79 bits per heavy atom. The molecule has 2 amide bonds. The molecule has 132 valence electrons. The molecule has 1 unspecified atom stereocenters. The summed E-state index contributed by atoms with van der Waals surface area (Å²) in [5, 5.41) is 2.74. The molecule has 5 nitrogen and oxygen atoms in total. The van der Waals surface area contributed by atoms with Crippen molar-refractivity contribution in [1.82, 2.24) is 10.2 Å². The van der Waals surface area contributed by atoms with Gasteiger partial charge in [0.25, 0.3) is 0 Å².